The van der Waals surface area contributed by atoms with Crippen LogP contribution in [0.15, 0.2) is 212 Å². The van der Waals surface area contributed by atoms with Crippen molar-refractivity contribution < 1.29 is 0 Å². The fourth-order valence-corrected chi connectivity index (χ4v) is 13.4. The van der Waals surface area contributed by atoms with Crippen LogP contribution in [0.4, 0.5) is 11.4 Å². The molecule has 0 radical (unpaired) electrons. The molecule has 324 valence electrons. The molecule has 1 aliphatic carbocycles. The zero-order valence-electron chi connectivity index (χ0n) is 38.9. The van der Waals surface area contributed by atoms with Gasteiger partial charge in [0.1, 0.15) is 0 Å². The maximum Gasteiger partial charge on any atom is 0.0543 e. The Morgan fingerprint density at radius 3 is 1.34 bits per heavy atom. The molecule has 14 rings (SSSR count). The minimum Gasteiger partial charge on any atom is -0.334 e. The SMILES string of the molecule is CC1(C)CCCC2c3cc(-c4cc(-c5cccc6ccccc56)c5ccc6c(-c7cccc8ccccc78)cc(-c7cccc8ccccc78)c7ccc4c5c76)ccc3N(c3ccccc3)C21C. The molecule has 1 heteroatoms. The summed E-state index contributed by atoms with van der Waals surface area (Å²) in [5.74, 6) is 0.408. The van der Waals surface area contributed by atoms with Gasteiger partial charge in [-0.15, -0.1) is 0 Å². The van der Waals surface area contributed by atoms with Crippen LogP contribution in [-0.4, -0.2) is 5.54 Å². The minimum atomic E-state index is -0.0691. The molecule has 2 aliphatic rings. The van der Waals surface area contributed by atoms with Gasteiger partial charge in [0.25, 0.3) is 0 Å². The lowest BCUT2D eigenvalue weighted by atomic mass is 9.58. The highest BCUT2D eigenvalue weighted by Crippen LogP contribution is 2.64. The van der Waals surface area contributed by atoms with Crippen LogP contribution in [0.25, 0.3) is 109 Å². The van der Waals surface area contributed by atoms with E-state index in [-0.39, 0.29) is 11.0 Å². The molecule has 0 spiro atoms. The highest BCUT2D eigenvalue weighted by atomic mass is 15.3. The molecule has 0 amide bonds. The first-order valence-corrected chi connectivity index (χ1v) is 24.6. The molecule has 2 unspecified atom stereocenters. The Labute approximate surface area is 398 Å². The number of benzene rings is 12. The van der Waals surface area contributed by atoms with Crippen molar-refractivity contribution in [2.45, 2.75) is 51.5 Å². The van der Waals surface area contributed by atoms with Crippen LogP contribution in [0, 0.1) is 5.41 Å². The zero-order chi connectivity index (χ0) is 45.3. The van der Waals surface area contributed by atoms with E-state index in [2.05, 4.69) is 238 Å². The average molecular weight is 870 g/mol. The highest BCUT2D eigenvalue weighted by Gasteiger charge is 2.58. The van der Waals surface area contributed by atoms with Gasteiger partial charge in [-0.3, -0.25) is 0 Å². The molecule has 68 heavy (non-hydrogen) atoms. The van der Waals surface area contributed by atoms with E-state index in [9.17, 15) is 0 Å². The Morgan fingerprint density at radius 2 is 0.824 bits per heavy atom. The average Bonchev–Trinajstić information content (AvgIpc) is 3.65. The van der Waals surface area contributed by atoms with E-state index in [1.807, 2.05) is 0 Å². The van der Waals surface area contributed by atoms with Crippen molar-refractivity contribution in [3.05, 3.63) is 218 Å². The Hall–Kier alpha value is -7.74. The second kappa shape index (κ2) is 14.6. The van der Waals surface area contributed by atoms with E-state index in [1.54, 1.807) is 0 Å². The van der Waals surface area contributed by atoms with Gasteiger partial charge in [-0.2, -0.15) is 0 Å². The van der Waals surface area contributed by atoms with Gasteiger partial charge in [-0.1, -0.05) is 196 Å². The lowest BCUT2D eigenvalue weighted by Crippen LogP contribution is -2.56. The van der Waals surface area contributed by atoms with Crippen molar-refractivity contribution in [2.24, 2.45) is 5.41 Å². The van der Waals surface area contributed by atoms with E-state index >= 15 is 0 Å². The lowest BCUT2D eigenvalue weighted by molar-refractivity contribution is 0.101. The molecule has 1 fully saturated rings. The Morgan fingerprint density at radius 1 is 0.382 bits per heavy atom. The summed E-state index contributed by atoms with van der Waals surface area (Å²) < 4.78 is 0. The maximum atomic E-state index is 2.71. The van der Waals surface area contributed by atoms with Gasteiger partial charge in [0, 0.05) is 17.3 Å². The van der Waals surface area contributed by atoms with Crippen molar-refractivity contribution in [1.82, 2.24) is 0 Å². The quantitative estimate of drug-likeness (QED) is 0.156. The van der Waals surface area contributed by atoms with E-state index < -0.39 is 0 Å². The molecule has 0 N–H and O–H groups in total. The second-order valence-corrected chi connectivity index (χ2v) is 20.5. The van der Waals surface area contributed by atoms with Crippen molar-refractivity contribution >= 4 is 76.0 Å². The molecular formula is C67H51N. The number of para-hydroxylation sites is 1. The Balaban J connectivity index is 1.12. The molecule has 0 bridgehead atoms. The van der Waals surface area contributed by atoms with Crippen LogP contribution in [0.1, 0.15) is 51.5 Å². The summed E-state index contributed by atoms with van der Waals surface area (Å²) in [4.78, 5) is 2.71. The summed E-state index contributed by atoms with van der Waals surface area (Å²) in [7, 11) is 0. The normalized spacial score (nSPS) is 17.8. The molecule has 2 atom stereocenters. The van der Waals surface area contributed by atoms with Gasteiger partial charge in [0.05, 0.1) is 5.54 Å². The summed E-state index contributed by atoms with van der Waals surface area (Å²) >= 11 is 0. The third kappa shape index (κ3) is 5.51. The predicted molar refractivity (Wildman–Crippen MR) is 292 cm³/mol. The summed E-state index contributed by atoms with van der Waals surface area (Å²) in [6, 6.07) is 80.6. The molecule has 12 aromatic carbocycles. The van der Waals surface area contributed by atoms with Crippen molar-refractivity contribution in [3.63, 3.8) is 0 Å². The first-order valence-electron chi connectivity index (χ1n) is 24.6. The number of hydrogen-bond acceptors (Lipinski definition) is 1. The van der Waals surface area contributed by atoms with Crippen LogP contribution in [0.5, 0.6) is 0 Å². The topological polar surface area (TPSA) is 3.24 Å². The molecule has 1 saturated carbocycles. The Kier molecular flexibility index (Phi) is 8.48. The maximum absolute atomic E-state index is 2.71. The molecule has 0 aromatic heterocycles. The van der Waals surface area contributed by atoms with Crippen molar-refractivity contribution in [3.8, 4) is 44.5 Å². The highest BCUT2D eigenvalue weighted by molar-refractivity contribution is 6.33. The van der Waals surface area contributed by atoms with E-state index in [0.717, 1.165) is 0 Å². The van der Waals surface area contributed by atoms with Crippen LogP contribution in [-0.2, 0) is 0 Å². The third-order valence-electron chi connectivity index (χ3n) is 16.9. The summed E-state index contributed by atoms with van der Waals surface area (Å²) in [5, 5.41) is 15.4. The number of anilines is 2. The van der Waals surface area contributed by atoms with Crippen LogP contribution < -0.4 is 4.90 Å². The molecular weight excluding hydrogens is 819 g/mol. The summed E-state index contributed by atoms with van der Waals surface area (Å²) in [5.41, 5.74) is 14.3. The van der Waals surface area contributed by atoms with Gasteiger partial charge in [0.2, 0.25) is 0 Å². The number of nitrogens with zero attached hydrogens (tertiary/aromatic N) is 1. The lowest BCUT2D eigenvalue weighted by Gasteiger charge is -2.55. The Bertz CT molecular complexity index is 3890. The van der Waals surface area contributed by atoms with Gasteiger partial charge in [0.15, 0.2) is 0 Å². The van der Waals surface area contributed by atoms with Gasteiger partial charge < -0.3 is 4.90 Å². The zero-order valence-corrected chi connectivity index (χ0v) is 38.9. The van der Waals surface area contributed by atoms with Crippen molar-refractivity contribution in [1.29, 1.82) is 0 Å². The van der Waals surface area contributed by atoms with Crippen LogP contribution >= 0.6 is 0 Å². The fraction of sp³-hybridized carbons (Fsp3) is 0.134. The third-order valence-corrected chi connectivity index (χ3v) is 16.9. The van der Waals surface area contributed by atoms with Gasteiger partial charge in [-0.05, 0) is 176 Å². The standard InChI is InChI=1S/C67H51N/c1-66(2)38-16-31-62-61-39-45(32-37-63(61)68(67(62,66)3)46-23-5-4-6-24-46)57-40-58(50-28-13-20-42-17-7-10-25-47(42)50)54-35-36-56-60(52-30-15-22-44-19-9-12-27-49(44)52)41-59(55-34-33-53(57)64(54)65(55)56)51-29-14-21-43-18-8-11-26-48(43)51/h4-15,17-30,32-37,39-41,62H,16,31,38H2,1-3H3. The van der Waals surface area contributed by atoms with E-state index in [0.29, 0.717) is 5.92 Å². The predicted octanol–water partition coefficient (Wildman–Crippen LogP) is 18.9. The van der Waals surface area contributed by atoms with Crippen molar-refractivity contribution in [2.75, 3.05) is 4.90 Å². The summed E-state index contributed by atoms with van der Waals surface area (Å²) in [6.07, 6.45) is 3.64. The van der Waals surface area contributed by atoms with E-state index in [1.165, 1.54) is 145 Å². The van der Waals surface area contributed by atoms with E-state index in [4.69, 9.17) is 0 Å². The minimum absolute atomic E-state index is 0.0691. The molecule has 12 aromatic rings. The van der Waals surface area contributed by atoms with Gasteiger partial charge >= 0.3 is 0 Å². The molecule has 1 aliphatic heterocycles. The summed E-state index contributed by atoms with van der Waals surface area (Å²) in [6.45, 7) is 7.58. The monoisotopic (exact) mass is 869 g/mol. The number of rotatable bonds is 5. The van der Waals surface area contributed by atoms with Crippen LogP contribution in [0.2, 0.25) is 0 Å². The molecule has 1 nitrogen and oxygen atoms in total. The molecule has 1 heterocycles. The smallest absolute Gasteiger partial charge is 0.0543 e. The number of fused-ring (bicyclic) bond motifs is 6. The largest absolute Gasteiger partial charge is 0.334 e. The fourth-order valence-electron chi connectivity index (χ4n) is 13.4. The van der Waals surface area contributed by atoms with Gasteiger partial charge in [-0.25, -0.2) is 0 Å². The first-order chi connectivity index (χ1) is 33.4. The van der Waals surface area contributed by atoms with Crippen LogP contribution in [0.3, 0.4) is 0 Å². The molecule has 0 saturated heterocycles. The first kappa shape index (κ1) is 39.4. The number of hydrogen-bond donors (Lipinski definition) is 0. The second-order valence-electron chi connectivity index (χ2n) is 20.5.